The number of nitrogens with two attached hydrogens (primary N) is 1. The monoisotopic (exact) mass is 207 g/mol. The van der Waals surface area contributed by atoms with Crippen LogP contribution in [0.25, 0.3) is 5.70 Å². The smallest absolute Gasteiger partial charge is 0.158 e. The number of Topliss-reactive ketones (excluding diaryl/α,β-unsaturated/α-hetero) is 1. The first kappa shape index (κ1) is 11.5. The third kappa shape index (κ3) is 2.26. The van der Waals surface area contributed by atoms with E-state index in [1.165, 1.54) is 0 Å². The van der Waals surface area contributed by atoms with Crippen LogP contribution in [0.15, 0.2) is 17.8 Å². The quantitative estimate of drug-likeness (QED) is 0.761. The molecule has 0 spiro atoms. The maximum Gasteiger partial charge on any atom is 0.158 e. The fourth-order valence-corrected chi connectivity index (χ4v) is 1.68. The van der Waals surface area contributed by atoms with Crippen molar-refractivity contribution in [2.45, 2.75) is 20.8 Å². The predicted molar refractivity (Wildman–Crippen MR) is 59.8 cm³/mol. The normalized spacial score (nSPS) is 12.9. The van der Waals surface area contributed by atoms with Gasteiger partial charge in [-0.2, -0.15) is 5.10 Å². The number of nitrogens with zero attached hydrogens (tertiary/aromatic N) is 2. The summed E-state index contributed by atoms with van der Waals surface area (Å²) in [4.78, 5) is 11.5. The molecule has 0 radical (unpaired) electrons. The van der Waals surface area contributed by atoms with Crippen molar-refractivity contribution in [2.24, 2.45) is 18.7 Å². The molecule has 0 bridgehead atoms. The summed E-state index contributed by atoms with van der Waals surface area (Å²) < 4.78 is 1.67. The SMILES string of the molecule is CC(=O)/C(=C(\N)c1ccnn1C)C(C)C. The first-order chi connectivity index (χ1) is 6.95. The number of hydrogen-bond donors (Lipinski definition) is 1. The van der Waals surface area contributed by atoms with Gasteiger partial charge in [0.05, 0.1) is 11.4 Å². The van der Waals surface area contributed by atoms with Crippen molar-refractivity contribution < 1.29 is 4.79 Å². The molecule has 0 saturated heterocycles. The van der Waals surface area contributed by atoms with Gasteiger partial charge in [0, 0.05) is 18.8 Å². The molecule has 4 nitrogen and oxygen atoms in total. The van der Waals surface area contributed by atoms with Gasteiger partial charge in [-0.1, -0.05) is 13.8 Å². The average Bonchev–Trinajstić information content (AvgIpc) is 2.49. The zero-order chi connectivity index (χ0) is 11.6. The van der Waals surface area contributed by atoms with Crippen molar-refractivity contribution >= 4 is 11.5 Å². The van der Waals surface area contributed by atoms with E-state index in [4.69, 9.17) is 5.73 Å². The van der Waals surface area contributed by atoms with Gasteiger partial charge in [0.15, 0.2) is 5.78 Å². The summed E-state index contributed by atoms with van der Waals surface area (Å²) in [5, 5.41) is 4.03. The van der Waals surface area contributed by atoms with Gasteiger partial charge in [-0.15, -0.1) is 0 Å². The molecule has 82 valence electrons. The molecular weight excluding hydrogens is 190 g/mol. The second kappa shape index (κ2) is 4.29. The second-order valence-corrected chi connectivity index (χ2v) is 3.88. The first-order valence-electron chi connectivity index (χ1n) is 4.94. The Morgan fingerprint density at radius 3 is 2.47 bits per heavy atom. The molecule has 1 aromatic rings. The van der Waals surface area contributed by atoms with E-state index in [1.807, 2.05) is 13.8 Å². The third-order valence-electron chi connectivity index (χ3n) is 2.34. The van der Waals surface area contributed by atoms with Gasteiger partial charge in [-0.3, -0.25) is 9.48 Å². The third-order valence-corrected chi connectivity index (χ3v) is 2.34. The zero-order valence-corrected chi connectivity index (χ0v) is 9.61. The molecule has 0 amide bonds. The standard InChI is InChI=1S/C11H17N3O/c1-7(2)10(8(3)15)11(12)9-5-6-13-14(9)4/h5-7H,12H2,1-4H3/b11-10-. The molecule has 15 heavy (non-hydrogen) atoms. The maximum absolute atomic E-state index is 11.5. The van der Waals surface area contributed by atoms with E-state index >= 15 is 0 Å². The number of rotatable bonds is 3. The Morgan fingerprint density at radius 1 is 1.53 bits per heavy atom. The molecule has 0 atom stereocenters. The Kier molecular flexibility index (Phi) is 3.29. The largest absolute Gasteiger partial charge is 0.397 e. The molecule has 1 rings (SSSR count). The van der Waals surface area contributed by atoms with E-state index < -0.39 is 0 Å². The van der Waals surface area contributed by atoms with Crippen LogP contribution in [0.5, 0.6) is 0 Å². The fourth-order valence-electron chi connectivity index (χ4n) is 1.68. The number of allylic oxidation sites excluding steroid dienone is 1. The van der Waals surface area contributed by atoms with Crippen LogP contribution in [0.1, 0.15) is 26.5 Å². The van der Waals surface area contributed by atoms with Crippen LogP contribution in [0.3, 0.4) is 0 Å². The van der Waals surface area contributed by atoms with Crippen LogP contribution in [0.4, 0.5) is 0 Å². The van der Waals surface area contributed by atoms with Crippen molar-refractivity contribution in [3.8, 4) is 0 Å². The summed E-state index contributed by atoms with van der Waals surface area (Å²) in [5.74, 6) is 0.140. The zero-order valence-electron chi connectivity index (χ0n) is 9.61. The molecule has 0 aliphatic heterocycles. The van der Waals surface area contributed by atoms with Crippen LogP contribution < -0.4 is 5.73 Å². The number of aryl methyl sites for hydroxylation is 1. The lowest BCUT2D eigenvalue weighted by atomic mass is 9.96. The summed E-state index contributed by atoms with van der Waals surface area (Å²) in [6.45, 7) is 5.46. The highest BCUT2D eigenvalue weighted by atomic mass is 16.1. The highest BCUT2D eigenvalue weighted by Crippen LogP contribution is 2.19. The van der Waals surface area contributed by atoms with E-state index in [0.29, 0.717) is 11.3 Å². The Bertz CT molecular complexity index is 402. The molecule has 1 aromatic heterocycles. The first-order valence-corrected chi connectivity index (χ1v) is 4.94. The van der Waals surface area contributed by atoms with Crippen molar-refractivity contribution in [3.05, 3.63) is 23.5 Å². The van der Waals surface area contributed by atoms with E-state index in [9.17, 15) is 4.79 Å². The van der Waals surface area contributed by atoms with Gasteiger partial charge in [0.1, 0.15) is 0 Å². The van der Waals surface area contributed by atoms with E-state index in [-0.39, 0.29) is 11.7 Å². The minimum Gasteiger partial charge on any atom is -0.397 e. The lowest BCUT2D eigenvalue weighted by Crippen LogP contribution is -2.14. The van der Waals surface area contributed by atoms with Crippen molar-refractivity contribution in [2.75, 3.05) is 0 Å². The van der Waals surface area contributed by atoms with Crippen LogP contribution in [-0.2, 0) is 11.8 Å². The Hall–Kier alpha value is -1.58. The van der Waals surface area contributed by atoms with E-state index in [2.05, 4.69) is 5.10 Å². The van der Waals surface area contributed by atoms with Gasteiger partial charge in [0.25, 0.3) is 0 Å². The Morgan fingerprint density at radius 2 is 2.13 bits per heavy atom. The number of carbonyl (C=O) groups is 1. The van der Waals surface area contributed by atoms with Crippen LogP contribution >= 0.6 is 0 Å². The molecule has 1 heterocycles. The number of aromatic nitrogens is 2. The molecule has 0 aromatic carbocycles. The summed E-state index contributed by atoms with van der Waals surface area (Å²) in [6, 6.07) is 1.81. The minimum atomic E-state index is 0.0173. The number of hydrogen-bond acceptors (Lipinski definition) is 3. The van der Waals surface area contributed by atoms with E-state index in [0.717, 1.165) is 5.69 Å². The van der Waals surface area contributed by atoms with Gasteiger partial charge < -0.3 is 5.73 Å². The maximum atomic E-state index is 11.5. The summed E-state index contributed by atoms with van der Waals surface area (Å²) in [7, 11) is 1.81. The lowest BCUT2D eigenvalue weighted by molar-refractivity contribution is -0.113. The van der Waals surface area contributed by atoms with E-state index in [1.54, 1.807) is 30.9 Å². The molecule has 0 unspecified atom stereocenters. The van der Waals surface area contributed by atoms with Crippen molar-refractivity contribution in [1.29, 1.82) is 0 Å². The molecule has 2 N–H and O–H groups in total. The summed E-state index contributed by atoms with van der Waals surface area (Å²) in [6.07, 6.45) is 1.67. The fraction of sp³-hybridized carbons (Fsp3) is 0.455. The molecule has 0 fully saturated rings. The summed E-state index contributed by atoms with van der Waals surface area (Å²) >= 11 is 0. The molecule has 4 heteroatoms. The molecule has 0 aliphatic rings. The van der Waals surface area contributed by atoms with Crippen LogP contribution in [-0.4, -0.2) is 15.6 Å². The average molecular weight is 207 g/mol. The van der Waals surface area contributed by atoms with Crippen molar-refractivity contribution in [1.82, 2.24) is 9.78 Å². The lowest BCUT2D eigenvalue weighted by Gasteiger charge is -2.12. The second-order valence-electron chi connectivity index (χ2n) is 3.88. The van der Waals surface area contributed by atoms with Gasteiger partial charge >= 0.3 is 0 Å². The number of carbonyl (C=O) groups excluding carboxylic acids is 1. The van der Waals surface area contributed by atoms with Crippen LogP contribution in [0, 0.1) is 5.92 Å². The van der Waals surface area contributed by atoms with Gasteiger partial charge in [0.2, 0.25) is 0 Å². The van der Waals surface area contributed by atoms with Crippen LogP contribution in [0.2, 0.25) is 0 Å². The predicted octanol–water partition coefficient (Wildman–Crippen LogP) is 1.33. The van der Waals surface area contributed by atoms with Gasteiger partial charge in [-0.05, 0) is 18.9 Å². The highest BCUT2D eigenvalue weighted by molar-refractivity contribution is 6.00. The van der Waals surface area contributed by atoms with Gasteiger partial charge in [-0.25, -0.2) is 0 Å². The highest BCUT2D eigenvalue weighted by Gasteiger charge is 2.16. The topological polar surface area (TPSA) is 60.9 Å². The Balaban J connectivity index is 3.29. The molecule has 0 aliphatic carbocycles. The minimum absolute atomic E-state index is 0.0173. The Labute approximate surface area is 89.8 Å². The summed E-state index contributed by atoms with van der Waals surface area (Å²) in [5.41, 5.74) is 7.96. The number of ketones is 1. The van der Waals surface area contributed by atoms with Crippen molar-refractivity contribution in [3.63, 3.8) is 0 Å². The molecule has 0 saturated carbocycles. The molecular formula is C11H17N3O.